The Morgan fingerprint density at radius 3 is 2.39 bits per heavy atom. The zero-order valence-corrected chi connectivity index (χ0v) is 19.9. The highest BCUT2D eigenvalue weighted by Crippen LogP contribution is 2.13. The summed E-state index contributed by atoms with van der Waals surface area (Å²) in [7, 11) is 1.76. The molecule has 6 nitrogen and oxygen atoms in total. The van der Waals surface area contributed by atoms with Gasteiger partial charge in [-0.25, -0.2) is 4.79 Å². The number of benzene rings is 1. The standard InChI is InChI=1S/C20H28N4O2S.HI/c1-20(2,3)26-19(25)24-17-7-5-15(6-8-17)9-11-22-18(21-4)23-13-16-10-12-27-14-16;/h5-8,10,12,14H,9,11,13H2,1-4H3,(H,24,25)(H2,21,22,23);1H. The van der Waals surface area contributed by atoms with E-state index in [-0.39, 0.29) is 24.0 Å². The van der Waals surface area contributed by atoms with Gasteiger partial charge in [-0.3, -0.25) is 10.3 Å². The average Bonchev–Trinajstić information content (AvgIpc) is 3.11. The van der Waals surface area contributed by atoms with Crippen LogP contribution < -0.4 is 16.0 Å². The molecule has 28 heavy (non-hydrogen) atoms. The fourth-order valence-corrected chi connectivity index (χ4v) is 2.97. The minimum absolute atomic E-state index is 0. The fourth-order valence-electron chi connectivity index (χ4n) is 2.30. The van der Waals surface area contributed by atoms with Gasteiger partial charge < -0.3 is 15.4 Å². The lowest BCUT2D eigenvalue weighted by Crippen LogP contribution is -2.37. The Balaban J connectivity index is 0.00000392. The summed E-state index contributed by atoms with van der Waals surface area (Å²) < 4.78 is 5.25. The molecule has 0 atom stereocenters. The van der Waals surface area contributed by atoms with Gasteiger partial charge >= 0.3 is 6.09 Å². The third-order valence-electron chi connectivity index (χ3n) is 3.57. The van der Waals surface area contributed by atoms with Crippen molar-refractivity contribution in [3.05, 3.63) is 52.2 Å². The van der Waals surface area contributed by atoms with E-state index >= 15 is 0 Å². The molecule has 0 saturated heterocycles. The van der Waals surface area contributed by atoms with E-state index in [1.807, 2.05) is 45.0 Å². The summed E-state index contributed by atoms with van der Waals surface area (Å²) in [5, 5.41) is 13.5. The summed E-state index contributed by atoms with van der Waals surface area (Å²) >= 11 is 1.69. The maximum absolute atomic E-state index is 11.8. The molecule has 0 saturated carbocycles. The number of nitrogens with one attached hydrogen (secondary N) is 3. The SMILES string of the molecule is CN=C(NCCc1ccc(NC(=O)OC(C)(C)C)cc1)NCc1ccsc1.I. The predicted molar refractivity (Wildman–Crippen MR) is 128 cm³/mol. The van der Waals surface area contributed by atoms with E-state index in [0.29, 0.717) is 5.69 Å². The topological polar surface area (TPSA) is 74.8 Å². The Bertz CT molecular complexity index is 741. The van der Waals surface area contributed by atoms with Crippen LogP contribution in [-0.2, 0) is 17.7 Å². The quantitative estimate of drug-likeness (QED) is 0.298. The van der Waals surface area contributed by atoms with Crippen LogP contribution in [0, 0.1) is 0 Å². The average molecular weight is 516 g/mol. The van der Waals surface area contributed by atoms with Crippen molar-refractivity contribution in [2.24, 2.45) is 4.99 Å². The second kappa shape index (κ2) is 11.9. The molecule has 0 fully saturated rings. The number of hydrogen-bond donors (Lipinski definition) is 3. The van der Waals surface area contributed by atoms with E-state index in [9.17, 15) is 4.79 Å². The number of guanidine groups is 1. The number of ether oxygens (including phenoxy) is 1. The third-order valence-corrected chi connectivity index (χ3v) is 4.30. The number of halogens is 1. The molecule has 1 amide bonds. The summed E-state index contributed by atoms with van der Waals surface area (Å²) in [6.07, 6.45) is 0.406. The van der Waals surface area contributed by atoms with Gasteiger partial charge in [-0.05, 0) is 67.3 Å². The lowest BCUT2D eigenvalue weighted by molar-refractivity contribution is 0.0636. The van der Waals surface area contributed by atoms with Crippen LogP contribution in [0.25, 0.3) is 0 Å². The first-order valence-corrected chi connectivity index (χ1v) is 9.84. The summed E-state index contributed by atoms with van der Waals surface area (Å²) in [6, 6.07) is 9.84. The molecule has 3 N–H and O–H groups in total. The number of thiophene rings is 1. The van der Waals surface area contributed by atoms with Gasteiger partial charge in [0, 0.05) is 25.8 Å². The largest absolute Gasteiger partial charge is 0.444 e. The monoisotopic (exact) mass is 516 g/mol. The van der Waals surface area contributed by atoms with Crippen molar-refractivity contribution in [1.82, 2.24) is 10.6 Å². The van der Waals surface area contributed by atoms with Crippen LogP contribution in [0.15, 0.2) is 46.1 Å². The number of aliphatic imine (C=N–C) groups is 1. The van der Waals surface area contributed by atoms with Gasteiger partial charge in [0.2, 0.25) is 0 Å². The first kappa shape index (κ1) is 24.2. The number of carbonyl (C=O) groups excluding carboxylic acids is 1. The van der Waals surface area contributed by atoms with Crippen molar-refractivity contribution in [3.8, 4) is 0 Å². The number of rotatable bonds is 6. The maximum atomic E-state index is 11.8. The molecule has 0 aliphatic rings. The second-order valence-corrected chi connectivity index (χ2v) is 7.84. The Kier molecular flexibility index (Phi) is 10.3. The first-order chi connectivity index (χ1) is 12.9. The van der Waals surface area contributed by atoms with Crippen molar-refractivity contribution < 1.29 is 9.53 Å². The van der Waals surface area contributed by atoms with E-state index in [1.54, 1.807) is 18.4 Å². The second-order valence-electron chi connectivity index (χ2n) is 7.06. The number of hydrogen-bond acceptors (Lipinski definition) is 4. The van der Waals surface area contributed by atoms with Gasteiger partial charge in [0.15, 0.2) is 5.96 Å². The molecule has 0 aliphatic heterocycles. The minimum atomic E-state index is -0.508. The van der Waals surface area contributed by atoms with Gasteiger partial charge in [-0.1, -0.05) is 12.1 Å². The number of nitrogens with zero attached hydrogens (tertiary/aromatic N) is 1. The zero-order chi connectivity index (χ0) is 19.7. The molecule has 0 aliphatic carbocycles. The maximum Gasteiger partial charge on any atom is 0.412 e. The van der Waals surface area contributed by atoms with Crippen molar-refractivity contribution in [3.63, 3.8) is 0 Å². The summed E-state index contributed by atoms with van der Waals surface area (Å²) in [4.78, 5) is 16.0. The fraction of sp³-hybridized carbons (Fsp3) is 0.400. The molecule has 0 radical (unpaired) electrons. The Morgan fingerprint density at radius 1 is 1.11 bits per heavy atom. The molecule has 2 rings (SSSR count). The smallest absolute Gasteiger partial charge is 0.412 e. The summed E-state index contributed by atoms with van der Waals surface area (Å²) in [5.41, 5.74) is 2.63. The number of carbonyl (C=O) groups is 1. The highest BCUT2D eigenvalue weighted by Gasteiger charge is 2.16. The van der Waals surface area contributed by atoms with E-state index < -0.39 is 11.7 Å². The Labute approximate surface area is 188 Å². The van der Waals surface area contributed by atoms with Gasteiger partial charge in [-0.15, -0.1) is 24.0 Å². The molecular formula is C20H29IN4O2S. The number of amides is 1. The first-order valence-electron chi connectivity index (χ1n) is 8.90. The molecule has 0 spiro atoms. The lowest BCUT2D eigenvalue weighted by Gasteiger charge is -2.19. The van der Waals surface area contributed by atoms with Crippen LogP contribution in [0.4, 0.5) is 10.5 Å². The highest BCUT2D eigenvalue weighted by atomic mass is 127. The highest BCUT2D eigenvalue weighted by molar-refractivity contribution is 14.0. The van der Waals surface area contributed by atoms with Crippen LogP contribution in [0.1, 0.15) is 31.9 Å². The number of anilines is 1. The van der Waals surface area contributed by atoms with E-state index in [4.69, 9.17) is 4.74 Å². The minimum Gasteiger partial charge on any atom is -0.444 e. The predicted octanol–water partition coefficient (Wildman–Crippen LogP) is 4.62. The van der Waals surface area contributed by atoms with Crippen LogP contribution in [0.3, 0.4) is 0 Å². The van der Waals surface area contributed by atoms with Gasteiger partial charge in [-0.2, -0.15) is 11.3 Å². The summed E-state index contributed by atoms with van der Waals surface area (Å²) in [5.74, 6) is 0.782. The lowest BCUT2D eigenvalue weighted by atomic mass is 10.1. The van der Waals surface area contributed by atoms with Gasteiger partial charge in [0.05, 0.1) is 0 Å². The molecule has 2 aromatic rings. The van der Waals surface area contributed by atoms with Gasteiger partial charge in [0.25, 0.3) is 0 Å². The molecular weight excluding hydrogens is 487 g/mol. The van der Waals surface area contributed by atoms with Gasteiger partial charge in [0.1, 0.15) is 5.60 Å². The van der Waals surface area contributed by atoms with Crippen LogP contribution in [0.5, 0.6) is 0 Å². The van der Waals surface area contributed by atoms with Crippen molar-refractivity contribution in [1.29, 1.82) is 0 Å². The van der Waals surface area contributed by atoms with Crippen molar-refractivity contribution in [2.75, 3.05) is 18.9 Å². The zero-order valence-electron chi connectivity index (χ0n) is 16.7. The van der Waals surface area contributed by atoms with E-state index in [0.717, 1.165) is 25.5 Å². The molecule has 1 heterocycles. The molecule has 1 aromatic carbocycles. The van der Waals surface area contributed by atoms with E-state index in [2.05, 4.69) is 37.8 Å². The van der Waals surface area contributed by atoms with Crippen LogP contribution in [-0.4, -0.2) is 31.2 Å². The van der Waals surface area contributed by atoms with Crippen molar-refractivity contribution in [2.45, 2.75) is 39.3 Å². The summed E-state index contributed by atoms with van der Waals surface area (Å²) in [6.45, 7) is 7.04. The normalized spacial score (nSPS) is 11.4. The molecule has 0 bridgehead atoms. The van der Waals surface area contributed by atoms with Crippen LogP contribution in [0.2, 0.25) is 0 Å². The molecule has 8 heteroatoms. The molecule has 154 valence electrons. The van der Waals surface area contributed by atoms with Crippen LogP contribution >= 0.6 is 35.3 Å². The Hall–Kier alpha value is -1.81. The van der Waals surface area contributed by atoms with Crippen molar-refractivity contribution >= 4 is 53.1 Å². The molecule has 1 aromatic heterocycles. The molecule has 0 unspecified atom stereocenters. The third kappa shape index (κ3) is 9.41. The van der Waals surface area contributed by atoms with E-state index in [1.165, 1.54) is 11.1 Å². The Morgan fingerprint density at radius 2 is 1.82 bits per heavy atom.